The van der Waals surface area contributed by atoms with Crippen LogP contribution in [0.15, 0.2) is 53.5 Å². The van der Waals surface area contributed by atoms with Gasteiger partial charge in [-0.05, 0) is 62.1 Å². The number of rotatable bonds is 3. The van der Waals surface area contributed by atoms with Crippen LogP contribution in [0.3, 0.4) is 0 Å². The largest absolute Gasteiger partial charge is 0.460 e. The number of anilines is 3. The van der Waals surface area contributed by atoms with Gasteiger partial charge in [0.1, 0.15) is 6.61 Å². The predicted molar refractivity (Wildman–Crippen MR) is 115 cm³/mol. The molecule has 1 aliphatic heterocycles. The smallest absolute Gasteiger partial charge is 0.290 e. The minimum absolute atomic E-state index is 0.165. The van der Waals surface area contributed by atoms with Crippen molar-refractivity contribution < 1.29 is 4.74 Å². The molecule has 0 saturated heterocycles. The Morgan fingerprint density at radius 1 is 1.03 bits per heavy atom. The Labute approximate surface area is 170 Å². The predicted octanol–water partition coefficient (Wildman–Crippen LogP) is 4.82. The van der Waals surface area contributed by atoms with Gasteiger partial charge in [-0.1, -0.05) is 24.3 Å². The van der Waals surface area contributed by atoms with Crippen molar-refractivity contribution in [2.24, 2.45) is 4.99 Å². The van der Waals surface area contributed by atoms with E-state index in [1.165, 1.54) is 11.1 Å². The Morgan fingerprint density at radius 2 is 1.86 bits per heavy atom. The Balaban J connectivity index is 1.33. The SMILES string of the molecule is Cc1cc(C)nc(Nc2ccc3c(c2)COC(=NC2CCc4ccccc42)N3)n1. The quantitative estimate of drug-likeness (QED) is 0.676. The first-order valence-corrected chi connectivity index (χ1v) is 9.92. The van der Waals surface area contributed by atoms with E-state index in [4.69, 9.17) is 9.73 Å². The van der Waals surface area contributed by atoms with Gasteiger partial charge in [0, 0.05) is 28.3 Å². The van der Waals surface area contributed by atoms with Crippen LogP contribution < -0.4 is 10.6 Å². The fourth-order valence-corrected chi connectivity index (χ4v) is 4.00. The molecule has 6 nitrogen and oxygen atoms in total. The fourth-order valence-electron chi connectivity index (χ4n) is 4.00. The highest BCUT2D eigenvalue weighted by atomic mass is 16.5. The van der Waals surface area contributed by atoms with Gasteiger partial charge in [0.05, 0.1) is 6.04 Å². The van der Waals surface area contributed by atoms with Crippen molar-refractivity contribution in [3.63, 3.8) is 0 Å². The van der Waals surface area contributed by atoms with Crippen LogP contribution in [-0.2, 0) is 17.8 Å². The molecule has 0 bridgehead atoms. The standard InChI is InChI=1S/C23H23N5O/c1-14-11-15(2)25-22(24-14)26-18-8-10-20-17(12-18)13-29-23(27-20)28-21-9-7-16-5-3-4-6-19(16)21/h3-6,8,10-12,21H,7,9,13H2,1-2H3,(H,27,28)(H,24,25,26). The second-order valence-electron chi connectivity index (χ2n) is 7.57. The molecule has 0 amide bonds. The molecule has 146 valence electrons. The molecular weight excluding hydrogens is 362 g/mol. The minimum atomic E-state index is 0.165. The van der Waals surface area contributed by atoms with Gasteiger partial charge in [-0.25, -0.2) is 15.0 Å². The van der Waals surface area contributed by atoms with Crippen LogP contribution in [0.1, 0.15) is 40.5 Å². The first-order chi connectivity index (χ1) is 14.1. The fraction of sp³-hybridized carbons (Fsp3) is 0.261. The van der Waals surface area contributed by atoms with Crippen molar-refractivity contribution in [1.29, 1.82) is 0 Å². The maximum atomic E-state index is 5.90. The number of amidine groups is 1. The van der Waals surface area contributed by atoms with Crippen molar-refractivity contribution in [3.05, 3.63) is 76.6 Å². The molecule has 1 aromatic heterocycles. The topological polar surface area (TPSA) is 71.4 Å². The van der Waals surface area contributed by atoms with E-state index in [1.54, 1.807) is 0 Å². The number of nitrogens with zero attached hydrogens (tertiary/aromatic N) is 3. The summed E-state index contributed by atoms with van der Waals surface area (Å²) in [6.45, 7) is 4.42. The second kappa shape index (κ2) is 7.20. The average Bonchev–Trinajstić information content (AvgIpc) is 3.10. The third-order valence-corrected chi connectivity index (χ3v) is 5.32. The molecule has 2 aliphatic rings. The summed E-state index contributed by atoms with van der Waals surface area (Å²) in [4.78, 5) is 13.7. The van der Waals surface area contributed by atoms with Crippen LogP contribution in [0.4, 0.5) is 17.3 Å². The van der Waals surface area contributed by atoms with Crippen LogP contribution in [-0.4, -0.2) is 16.0 Å². The number of benzene rings is 2. The van der Waals surface area contributed by atoms with Gasteiger partial charge in [-0.3, -0.25) is 0 Å². The molecular formula is C23H23N5O. The zero-order valence-electron chi connectivity index (χ0n) is 16.6. The van der Waals surface area contributed by atoms with Gasteiger partial charge in [-0.15, -0.1) is 0 Å². The van der Waals surface area contributed by atoms with Crippen LogP contribution in [0, 0.1) is 13.8 Å². The van der Waals surface area contributed by atoms with Crippen LogP contribution >= 0.6 is 0 Å². The van der Waals surface area contributed by atoms with Crippen molar-refractivity contribution in [1.82, 2.24) is 9.97 Å². The average molecular weight is 385 g/mol. The molecule has 2 heterocycles. The number of nitrogens with one attached hydrogen (secondary N) is 2. The molecule has 0 saturated carbocycles. The minimum Gasteiger partial charge on any atom is -0.460 e. The number of ether oxygens (including phenoxy) is 1. The lowest BCUT2D eigenvalue weighted by atomic mass is 10.1. The van der Waals surface area contributed by atoms with E-state index in [1.807, 2.05) is 32.0 Å². The molecule has 5 rings (SSSR count). The number of hydrogen-bond donors (Lipinski definition) is 2. The highest BCUT2D eigenvalue weighted by molar-refractivity contribution is 5.92. The van der Waals surface area contributed by atoms with Gasteiger partial charge < -0.3 is 15.4 Å². The third kappa shape index (κ3) is 3.66. The molecule has 3 aromatic rings. The number of aryl methyl sites for hydroxylation is 3. The van der Waals surface area contributed by atoms with Crippen molar-refractivity contribution >= 4 is 23.3 Å². The maximum absolute atomic E-state index is 5.90. The maximum Gasteiger partial charge on any atom is 0.290 e. The van der Waals surface area contributed by atoms with Crippen molar-refractivity contribution in [2.75, 3.05) is 10.6 Å². The summed E-state index contributed by atoms with van der Waals surface area (Å²) in [5, 5.41) is 6.61. The van der Waals surface area contributed by atoms with Gasteiger partial charge >= 0.3 is 0 Å². The molecule has 2 aromatic carbocycles. The van der Waals surface area contributed by atoms with Gasteiger partial charge in [0.25, 0.3) is 6.02 Å². The summed E-state index contributed by atoms with van der Waals surface area (Å²) in [6.07, 6.45) is 2.10. The third-order valence-electron chi connectivity index (χ3n) is 5.32. The second-order valence-corrected chi connectivity index (χ2v) is 7.57. The van der Waals surface area contributed by atoms with Crippen molar-refractivity contribution in [3.8, 4) is 0 Å². The highest BCUT2D eigenvalue weighted by Gasteiger charge is 2.23. The van der Waals surface area contributed by atoms with Crippen molar-refractivity contribution in [2.45, 2.75) is 39.3 Å². The number of hydrogen-bond acceptors (Lipinski definition) is 5. The zero-order chi connectivity index (χ0) is 19.8. The molecule has 1 atom stereocenters. The lowest BCUT2D eigenvalue weighted by molar-refractivity contribution is 0.282. The summed E-state index contributed by atoms with van der Waals surface area (Å²) in [5.41, 5.74) is 7.61. The van der Waals surface area contributed by atoms with E-state index in [2.05, 4.69) is 50.9 Å². The lowest BCUT2D eigenvalue weighted by Crippen LogP contribution is -2.23. The number of aromatic nitrogens is 2. The van der Waals surface area contributed by atoms with E-state index in [0.717, 1.165) is 41.2 Å². The molecule has 2 N–H and O–H groups in total. The summed E-state index contributed by atoms with van der Waals surface area (Å²) >= 11 is 0. The van der Waals surface area contributed by atoms with Gasteiger partial charge in [0.15, 0.2) is 0 Å². The first-order valence-electron chi connectivity index (χ1n) is 9.92. The molecule has 1 aliphatic carbocycles. The Bertz CT molecular complexity index is 1090. The molecule has 29 heavy (non-hydrogen) atoms. The molecule has 0 spiro atoms. The zero-order valence-corrected chi connectivity index (χ0v) is 16.6. The van der Waals surface area contributed by atoms with E-state index < -0.39 is 0 Å². The van der Waals surface area contributed by atoms with Crippen LogP contribution in [0.25, 0.3) is 0 Å². The Hall–Kier alpha value is -3.41. The monoisotopic (exact) mass is 385 g/mol. The van der Waals surface area contributed by atoms with Gasteiger partial charge in [-0.2, -0.15) is 0 Å². The number of aliphatic imine (C=N–C) groups is 1. The van der Waals surface area contributed by atoms with E-state index in [-0.39, 0.29) is 6.04 Å². The Kier molecular flexibility index (Phi) is 4.39. The Morgan fingerprint density at radius 3 is 2.72 bits per heavy atom. The molecule has 1 unspecified atom stereocenters. The molecule has 0 fully saturated rings. The summed E-state index contributed by atoms with van der Waals surface area (Å²) in [5.74, 6) is 0.606. The summed E-state index contributed by atoms with van der Waals surface area (Å²) in [6, 6.07) is 17.4. The lowest BCUT2D eigenvalue weighted by Gasteiger charge is -2.22. The van der Waals surface area contributed by atoms with E-state index in [9.17, 15) is 0 Å². The molecule has 0 radical (unpaired) electrons. The van der Waals surface area contributed by atoms with Crippen LogP contribution in [0.2, 0.25) is 0 Å². The highest BCUT2D eigenvalue weighted by Crippen LogP contribution is 2.35. The van der Waals surface area contributed by atoms with E-state index >= 15 is 0 Å². The summed E-state index contributed by atoms with van der Waals surface area (Å²) < 4.78 is 5.90. The first kappa shape index (κ1) is 17.7. The summed E-state index contributed by atoms with van der Waals surface area (Å²) in [7, 11) is 0. The molecule has 6 heteroatoms. The van der Waals surface area contributed by atoms with E-state index in [0.29, 0.717) is 18.6 Å². The van der Waals surface area contributed by atoms with Crippen LogP contribution in [0.5, 0.6) is 0 Å². The normalized spacial score (nSPS) is 18.6. The van der Waals surface area contributed by atoms with Gasteiger partial charge in [0.2, 0.25) is 5.95 Å². The number of fused-ring (bicyclic) bond motifs is 2.